The molecule has 2 aromatic carbocycles. The summed E-state index contributed by atoms with van der Waals surface area (Å²) in [7, 11) is 0. The van der Waals surface area contributed by atoms with E-state index in [1.165, 1.54) is 18.2 Å². The third-order valence-corrected chi connectivity index (χ3v) is 2.47. The van der Waals surface area contributed by atoms with Crippen LogP contribution in [0.25, 0.3) is 11.1 Å². The zero-order chi connectivity index (χ0) is 13.1. The fraction of sp³-hybridized carbons (Fsp3) is 0.200. The van der Waals surface area contributed by atoms with Crippen LogP contribution in [0, 0.1) is 11.6 Å². The molecule has 2 aromatic rings. The first kappa shape index (κ1) is 12.6. The maximum Gasteiger partial charge on any atom is 0.134 e. The Morgan fingerprint density at radius 3 is 2.17 bits per heavy atom. The second kappa shape index (κ2) is 5.17. The number of benzene rings is 2. The van der Waals surface area contributed by atoms with E-state index >= 15 is 0 Å². The molecule has 0 aliphatic rings. The van der Waals surface area contributed by atoms with Crippen LogP contribution in [0.5, 0.6) is 5.75 Å². The molecule has 0 fully saturated rings. The molecule has 0 unspecified atom stereocenters. The Kier molecular flexibility index (Phi) is 3.60. The van der Waals surface area contributed by atoms with E-state index in [0.29, 0.717) is 16.9 Å². The maximum absolute atomic E-state index is 13.9. The van der Waals surface area contributed by atoms with E-state index < -0.39 is 0 Å². The molecule has 0 spiro atoms. The number of hydrogen-bond donors (Lipinski definition) is 0. The molecule has 0 amide bonds. The van der Waals surface area contributed by atoms with E-state index in [2.05, 4.69) is 0 Å². The van der Waals surface area contributed by atoms with Gasteiger partial charge in [0.15, 0.2) is 0 Å². The van der Waals surface area contributed by atoms with Crippen molar-refractivity contribution in [2.45, 2.75) is 20.0 Å². The number of halogens is 2. The van der Waals surface area contributed by atoms with Gasteiger partial charge in [-0.3, -0.25) is 0 Å². The fourth-order valence-electron chi connectivity index (χ4n) is 1.70. The van der Waals surface area contributed by atoms with Crippen LogP contribution >= 0.6 is 0 Å². The largest absolute Gasteiger partial charge is 0.491 e. The van der Waals surface area contributed by atoms with Gasteiger partial charge in [0.1, 0.15) is 17.4 Å². The van der Waals surface area contributed by atoms with Crippen LogP contribution in [0.3, 0.4) is 0 Å². The van der Waals surface area contributed by atoms with Crippen LogP contribution in [-0.4, -0.2) is 6.10 Å². The van der Waals surface area contributed by atoms with Crippen LogP contribution in [0.15, 0.2) is 42.5 Å². The Morgan fingerprint density at radius 2 is 1.61 bits per heavy atom. The highest BCUT2D eigenvalue weighted by Crippen LogP contribution is 2.26. The highest BCUT2D eigenvalue weighted by atomic mass is 19.1. The Morgan fingerprint density at radius 1 is 0.944 bits per heavy atom. The molecule has 0 aliphatic carbocycles. The van der Waals surface area contributed by atoms with Crippen molar-refractivity contribution in [3.8, 4) is 16.9 Å². The average molecular weight is 248 g/mol. The lowest BCUT2D eigenvalue weighted by Crippen LogP contribution is -2.05. The van der Waals surface area contributed by atoms with Gasteiger partial charge < -0.3 is 4.74 Å². The summed E-state index contributed by atoms with van der Waals surface area (Å²) >= 11 is 0. The second-order valence-electron chi connectivity index (χ2n) is 4.32. The van der Waals surface area contributed by atoms with Gasteiger partial charge in [0.25, 0.3) is 0 Å². The molecule has 94 valence electrons. The summed E-state index contributed by atoms with van der Waals surface area (Å²) < 4.78 is 32.1. The molecule has 18 heavy (non-hydrogen) atoms. The number of rotatable bonds is 3. The minimum absolute atomic E-state index is 0.000992. The van der Waals surface area contributed by atoms with Crippen molar-refractivity contribution in [3.05, 3.63) is 54.1 Å². The van der Waals surface area contributed by atoms with E-state index in [-0.39, 0.29) is 17.7 Å². The summed E-state index contributed by atoms with van der Waals surface area (Å²) in [6.45, 7) is 3.76. The van der Waals surface area contributed by atoms with Gasteiger partial charge in [-0.1, -0.05) is 12.1 Å². The van der Waals surface area contributed by atoms with E-state index in [4.69, 9.17) is 4.74 Å². The van der Waals surface area contributed by atoms with Gasteiger partial charge in [-0.05, 0) is 43.7 Å². The molecule has 0 saturated carbocycles. The van der Waals surface area contributed by atoms with E-state index in [0.717, 1.165) is 0 Å². The molecule has 0 heterocycles. The first-order valence-electron chi connectivity index (χ1n) is 5.78. The van der Waals surface area contributed by atoms with Crippen molar-refractivity contribution < 1.29 is 13.5 Å². The van der Waals surface area contributed by atoms with Gasteiger partial charge in [-0.2, -0.15) is 0 Å². The summed E-state index contributed by atoms with van der Waals surface area (Å²) in [6.07, 6.45) is 0.000992. The van der Waals surface area contributed by atoms with Crippen molar-refractivity contribution in [3.63, 3.8) is 0 Å². The summed E-state index contributed by atoms with van der Waals surface area (Å²) in [6, 6.07) is 10.4. The Hall–Kier alpha value is -1.90. The van der Waals surface area contributed by atoms with Gasteiger partial charge in [-0.15, -0.1) is 0 Å². The highest BCUT2D eigenvalue weighted by Gasteiger charge is 2.07. The van der Waals surface area contributed by atoms with Gasteiger partial charge in [0, 0.05) is 11.6 Å². The molecule has 0 atom stereocenters. The minimum Gasteiger partial charge on any atom is -0.491 e. The summed E-state index contributed by atoms with van der Waals surface area (Å²) in [5, 5.41) is 0. The fourth-order valence-corrected chi connectivity index (χ4v) is 1.70. The standard InChI is InChI=1S/C15H14F2O/c1-10(2)18-13-7-8-14(15(17)9-13)11-3-5-12(16)6-4-11/h3-10H,1-2H3. The summed E-state index contributed by atoms with van der Waals surface area (Å²) in [5.74, 6) is -0.216. The molecular formula is C15H14F2O. The molecule has 3 heteroatoms. The molecule has 1 nitrogen and oxygen atoms in total. The first-order chi connectivity index (χ1) is 8.56. The predicted octanol–water partition coefficient (Wildman–Crippen LogP) is 4.42. The van der Waals surface area contributed by atoms with Crippen LogP contribution < -0.4 is 4.74 Å². The van der Waals surface area contributed by atoms with E-state index in [9.17, 15) is 8.78 Å². The normalized spacial score (nSPS) is 10.7. The molecule has 0 aromatic heterocycles. The van der Waals surface area contributed by atoms with Crippen molar-refractivity contribution >= 4 is 0 Å². The van der Waals surface area contributed by atoms with Gasteiger partial charge in [0.05, 0.1) is 6.10 Å². The van der Waals surface area contributed by atoms with Crippen molar-refractivity contribution in [2.24, 2.45) is 0 Å². The van der Waals surface area contributed by atoms with Crippen LogP contribution in [0.1, 0.15) is 13.8 Å². The van der Waals surface area contributed by atoms with E-state index in [1.54, 1.807) is 24.3 Å². The molecular weight excluding hydrogens is 234 g/mol. The summed E-state index contributed by atoms with van der Waals surface area (Å²) in [5.41, 5.74) is 1.08. The van der Waals surface area contributed by atoms with Crippen LogP contribution in [0.4, 0.5) is 8.78 Å². The zero-order valence-electron chi connectivity index (χ0n) is 10.3. The molecule has 0 aliphatic heterocycles. The number of ether oxygens (including phenoxy) is 1. The number of hydrogen-bond acceptors (Lipinski definition) is 1. The van der Waals surface area contributed by atoms with Crippen LogP contribution in [-0.2, 0) is 0 Å². The topological polar surface area (TPSA) is 9.23 Å². The minimum atomic E-state index is -0.375. The Balaban J connectivity index is 2.32. The molecule has 0 radical (unpaired) electrons. The highest BCUT2D eigenvalue weighted by molar-refractivity contribution is 5.64. The molecule has 2 rings (SSSR count). The van der Waals surface area contributed by atoms with Gasteiger partial charge in [0.2, 0.25) is 0 Å². The molecule has 0 N–H and O–H groups in total. The third-order valence-electron chi connectivity index (χ3n) is 2.47. The Bertz CT molecular complexity index is 533. The molecule has 0 bridgehead atoms. The van der Waals surface area contributed by atoms with E-state index in [1.807, 2.05) is 13.8 Å². The van der Waals surface area contributed by atoms with Gasteiger partial charge in [-0.25, -0.2) is 8.78 Å². The lowest BCUT2D eigenvalue weighted by atomic mass is 10.1. The second-order valence-corrected chi connectivity index (χ2v) is 4.32. The Labute approximate surface area is 105 Å². The first-order valence-corrected chi connectivity index (χ1v) is 5.78. The van der Waals surface area contributed by atoms with Gasteiger partial charge >= 0.3 is 0 Å². The third kappa shape index (κ3) is 2.86. The van der Waals surface area contributed by atoms with Crippen molar-refractivity contribution in [2.75, 3.05) is 0 Å². The maximum atomic E-state index is 13.9. The van der Waals surface area contributed by atoms with Crippen LogP contribution in [0.2, 0.25) is 0 Å². The average Bonchev–Trinajstić information content (AvgIpc) is 2.30. The quantitative estimate of drug-likeness (QED) is 0.781. The predicted molar refractivity (Wildman–Crippen MR) is 67.6 cm³/mol. The molecule has 0 saturated heterocycles. The van der Waals surface area contributed by atoms with Crippen molar-refractivity contribution in [1.82, 2.24) is 0 Å². The lowest BCUT2D eigenvalue weighted by Gasteiger charge is -2.11. The zero-order valence-corrected chi connectivity index (χ0v) is 10.3. The summed E-state index contributed by atoms with van der Waals surface area (Å²) in [4.78, 5) is 0. The lowest BCUT2D eigenvalue weighted by molar-refractivity contribution is 0.241. The van der Waals surface area contributed by atoms with Crippen molar-refractivity contribution in [1.29, 1.82) is 0 Å². The smallest absolute Gasteiger partial charge is 0.134 e. The SMILES string of the molecule is CC(C)Oc1ccc(-c2ccc(F)cc2)c(F)c1. The monoisotopic (exact) mass is 248 g/mol.